The van der Waals surface area contributed by atoms with Crippen LogP contribution in [-0.2, 0) is 6.42 Å². The van der Waals surface area contributed by atoms with E-state index < -0.39 is 0 Å². The van der Waals surface area contributed by atoms with Gasteiger partial charge in [-0.3, -0.25) is 4.90 Å². The van der Waals surface area contributed by atoms with E-state index >= 15 is 0 Å². The molecular weight excluding hydrogens is 240 g/mol. The van der Waals surface area contributed by atoms with Crippen molar-refractivity contribution in [3.8, 4) is 5.75 Å². The summed E-state index contributed by atoms with van der Waals surface area (Å²) in [5.41, 5.74) is 2.49. The van der Waals surface area contributed by atoms with Crippen molar-refractivity contribution in [1.29, 1.82) is 0 Å². The van der Waals surface area contributed by atoms with E-state index in [-0.39, 0.29) is 6.61 Å². The maximum atomic E-state index is 8.96. The summed E-state index contributed by atoms with van der Waals surface area (Å²) in [6.45, 7) is 7.22. The SMILES string of the molecule is CCc1ccc(N2CCN(CCO)CC2)cc1OC. The van der Waals surface area contributed by atoms with Gasteiger partial charge >= 0.3 is 0 Å². The molecule has 0 spiro atoms. The monoisotopic (exact) mass is 264 g/mol. The zero-order valence-electron chi connectivity index (χ0n) is 11.9. The van der Waals surface area contributed by atoms with Crippen LogP contribution < -0.4 is 9.64 Å². The van der Waals surface area contributed by atoms with Crippen LogP contribution in [0.3, 0.4) is 0 Å². The van der Waals surface area contributed by atoms with Gasteiger partial charge in [-0.2, -0.15) is 0 Å². The van der Waals surface area contributed by atoms with Crippen molar-refractivity contribution in [2.45, 2.75) is 13.3 Å². The fraction of sp³-hybridized carbons (Fsp3) is 0.600. The number of methoxy groups -OCH3 is 1. The highest BCUT2D eigenvalue weighted by Gasteiger charge is 2.17. The van der Waals surface area contributed by atoms with Crippen LogP contribution in [0.4, 0.5) is 5.69 Å². The summed E-state index contributed by atoms with van der Waals surface area (Å²) >= 11 is 0. The molecule has 2 rings (SSSR count). The average Bonchev–Trinajstić information content (AvgIpc) is 2.47. The number of β-amino-alcohol motifs (C(OH)–C–C–N with tert-alkyl or cyclic N) is 1. The maximum Gasteiger partial charge on any atom is 0.124 e. The number of rotatable bonds is 5. The van der Waals surface area contributed by atoms with Gasteiger partial charge in [0.05, 0.1) is 13.7 Å². The van der Waals surface area contributed by atoms with Crippen molar-refractivity contribution in [2.24, 2.45) is 0 Å². The molecule has 1 aliphatic rings. The van der Waals surface area contributed by atoms with Crippen LogP contribution in [0.25, 0.3) is 0 Å². The zero-order valence-corrected chi connectivity index (χ0v) is 11.9. The molecular formula is C15H24N2O2. The Morgan fingerprint density at radius 1 is 1.21 bits per heavy atom. The quantitative estimate of drug-likeness (QED) is 0.871. The largest absolute Gasteiger partial charge is 0.496 e. The lowest BCUT2D eigenvalue weighted by Gasteiger charge is -2.36. The molecule has 0 bridgehead atoms. The Hall–Kier alpha value is -1.26. The summed E-state index contributed by atoms with van der Waals surface area (Å²) < 4.78 is 5.46. The second-order valence-electron chi connectivity index (χ2n) is 4.90. The van der Waals surface area contributed by atoms with Crippen molar-refractivity contribution in [3.63, 3.8) is 0 Å². The van der Waals surface area contributed by atoms with Crippen molar-refractivity contribution in [2.75, 3.05) is 51.3 Å². The molecule has 0 radical (unpaired) electrons. The van der Waals surface area contributed by atoms with E-state index in [0.29, 0.717) is 0 Å². The predicted molar refractivity (Wildman–Crippen MR) is 78.1 cm³/mol. The first-order valence-corrected chi connectivity index (χ1v) is 7.03. The Morgan fingerprint density at radius 3 is 2.53 bits per heavy atom. The van der Waals surface area contributed by atoms with Gasteiger partial charge in [0, 0.05) is 44.5 Å². The van der Waals surface area contributed by atoms with E-state index in [0.717, 1.165) is 44.9 Å². The second kappa shape index (κ2) is 6.78. The molecule has 1 N–H and O–H groups in total. The average molecular weight is 264 g/mol. The van der Waals surface area contributed by atoms with Crippen LogP contribution in [0.15, 0.2) is 18.2 Å². The minimum Gasteiger partial charge on any atom is -0.496 e. The minimum absolute atomic E-state index is 0.249. The Labute approximate surface area is 115 Å². The molecule has 106 valence electrons. The molecule has 1 heterocycles. The predicted octanol–water partition coefficient (Wildman–Crippen LogP) is 1.37. The highest BCUT2D eigenvalue weighted by Crippen LogP contribution is 2.26. The Bertz CT molecular complexity index is 401. The molecule has 0 unspecified atom stereocenters. The molecule has 1 aromatic carbocycles. The van der Waals surface area contributed by atoms with E-state index in [1.165, 1.54) is 11.3 Å². The summed E-state index contributed by atoms with van der Waals surface area (Å²) in [7, 11) is 1.73. The number of ether oxygens (including phenoxy) is 1. The lowest BCUT2D eigenvalue weighted by atomic mass is 10.1. The van der Waals surface area contributed by atoms with Crippen LogP contribution >= 0.6 is 0 Å². The molecule has 1 fully saturated rings. The normalized spacial score (nSPS) is 16.7. The fourth-order valence-corrected chi connectivity index (χ4v) is 2.59. The number of benzene rings is 1. The van der Waals surface area contributed by atoms with Crippen molar-refractivity contribution >= 4 is 5.69 Å². The molecule has 1 saturated heterocycles. The summed E-state index contributed by atoms with van der Waals surface area (Å²) in [6, 6.07) is 6.48. The van der Waals surface area contributed by atoms with Gasteiger partial charge in [0.25, 0.3) is 0 Å². The summed E-state index contributed by atoms with van der Waals surface area (Å²) in [4.78, 5) is 4.68. The van der Waals surface area contributed by atoms with Crippen molar-refractivity contribution in [3.05, 3.63) is 23.8 Å². The standard InChI is InChI=1S/C15H24N2O2/c1-3-13-4-5-14(12-15(13)19-2)17-8-6-16(7-9-17)10-11-18/h4-5,12,18H,3,6-11H2,1-2H3. The lowest BCUT2D eigenvalue weighted by molar-refractivity contribution is 0.189. The lowest BCUT2D eigenvalue weighted by Crippen LogP contribution is -2.47. The molecule has 19 heavy (non-hydrogen) atoms. The number of aliphatic hydroxyl groups is 1. The number of hydrogen-bond acceptors (Lipinski definition) is 4. The summed E-state index contributed by atoms with van der Waals surface area (Å²) in [5, 5.41) is 8.96. The van der Waals surface area contributed by atoms with Crippen LogP contribution in [0.2, 0.25) is 0 Å². The van der Waals surface area contributed by atoms with E-state index in [4.69, 9.17) is 9.84 Å². The first-order chi connectivity index (χ1) is 9.28. The van der Waals surface area contributed by atoms with Gasteiger partial charge in [0.2, 0.25) is 0 Å². The second-order valence-corrected chi connectivity index (χ2v) is 4.90. The molecule has 1 aromatic rings. The molecule has 0 aromatic heterocycles. The number of aryl methyl sites for hydroxylation is 1. The molecule has 0 amide bonds. The Kier molecular flexibility index (Phi) is 5.05. The summed E-state index contributed by atoms with van der Waals surface area (Å²) in [5.74, 6) is 0.984. The highest BCUT2D eigenvalue weighted by atomic mass is 16.5. The van der Waals surface area contributed by atoms with E-state index in [1.54, 1.807) is 7.11 Å². The summed E-state index contributed by atoms with van der Waals surface area (Å²) in [6.07, 6.45) is 0.994. The molecule has 0 atom stereocenters. The van der Waals surface area contributed by atoms with Gasteiger partial charge in [-0.25, -0.2) is 0 Å². The maximum absolute atomic E-state index is 8.96. The number of nitrogens with zero attached hydrogens (tertiary/aromatic N) is 2. The minimum atomic E-state index is 0.249. The van der Waals surface area contributed by atoms with Crippen LogP contribution in [-0.4, -0.2) is 56.4 Å². The zero-order chi connectivity index (χ0) is 13.7. The van der Waals surface area contributed by atoms with E-state index in [2.05, 4.69) is 34.9 Å². The van der Waals surface area contributed by atoms with Crippen molar-refractivity contribution < 1.29 is 9.84 Å². The van der Waals surface area contributed by atoms with Crippen LogP contribution in [0.5, 0.6) is 5.75 Å². The number of piperazine rings is 1. The molecule has 4 heteroatoms. The smallest absolute Gasteiger partial charge is 0.124 e. The van der Waals surface area contributed by atoms with Gasteiger partial charge in [-0.1, -0.05) is 13.0 Å². The fourth-order valence-electron chi connectivity index (χ4n) is 2.59. The molecule has 4 nitrogen and oxygen atoms in total. The first kappa shape index (κ1) is 14.2. The number of anilines is 1. The van der Waals surface area contributed by atoms with E-state index in [1.807, 2.05) is 0 Å². The van der Waals surface area contributed by atoms with Crippen LogP contribution in [0.1, 0.15) is 12.5 Å². The van der Waals surface area contributed by atoms with Gasteiger partial charge in [0.15, 0.2) is 0 Å². The third-order valence-electron chi connectivity index (χ3n) is 3.81. The van der Waals surface area contributed by atoms with Gasteiger partial charge < -0.3 is 14.7 Å². The number of aliphatic hydroxyl groups excluding tert-OH is 1. The van der Waals surface area contributed by atoms with Gasteiger partial charge in [-0.05, 0) is 18.1 Å². The van der Waals surface area contributed by atoms with Crippen LogP contribution in [0, 0.1) is 0 Å². The Morgan fingerprint density at radius 2 is 1.95 bits per heavy atom. The highest BCUT2D eigenvalue weighted by molar-refractivity contribution is 5.54. The number of hydrogen-bond donors (Lipinski definition) is 1. The van der Waals surface area contributed by atoms with E-state index in [9.17, 15) is 0 Å². The Balaban J connectivity index is 2.03. The third-order valence-corrected chi connectivity index (χ3v) is 3.81. The third kappa shape index (κ3) is 3.39. The topological polar surface area (TPSA) is 35.9 Å². The van der Waals surface area contributed by atoms with Gasteiger partial charge in [-0.15, -0.1) is 0 Å². The van der Waals surface area contributed by atoms with Gasteiger partial charge in [0.1, 0.15) is 5.75 Å². The molecule has 0 saturated carbocycles. The molecule has 0 aliphatic carbocycles. The van der Waals surface area contributed by atoms with Crippen molar-refractivity contribution in [1.82, 2.24) is 4.90 Å². The molecule has 1 aliphatic heterocycles. The first-order valence-electron chi connectivity index (χ1n) is 7.03.